The summed E-state index contributed by atoms with van der Waals surface area (Å²) in [5, 5.41) is 4.94. The highest BCUT2D eigenvalue weighted by atomic mass is 35.5. The highest BCUT2D eigenvalue weighted by molar-refractivity contribution is 6.30. The molecule has 2 heterocycles. The molecule has 1 aliphatic heterocycles. The Bertz CT molecular complexity index is 791. The van der Waals surface area contributed by atoms with Crippen molar-refractivity contribution in [2.75, 3.05) is 44.7 Å². The number of amides is 2. The lowest BCUT2D eigenvalue weighted by Crippen LogP contribution is -2.49. The molecule has 0 atom stereocenters. The molecule has 0 unspecified atom stereocenters. The standard InChI is InChI=1S/C17H19ClN4O3/c1-19-16(23)11-25-17(24)22-6-4-21(5-7-22)14-3-2-12-10-20-15(18)9-13(12)8-14/h2-3,8-10H,4-7,11H2,1H3,(H,19,23). The van der Waals surface area contributed by atoms with Crippen molar-refractivity contribution in [3.63, 3.8) is 0 Å². The molecule has 2 amide bonds. The van der Waals surface area contributed by atoms with Crippen LogP contribution in [0.1, 0.15) is 0 Å². The first-order valence-corrected chi connectivity index (χ1v) is 8.37. The number of piperazine rings is 1. The van der Waals surface area contributed by atoms with E-state index < -0.39 is 6.09 Å². The smallest absolute Gasteiger partial charge is 0.410 e. The molecule has 1 aromatic heterocycles. The first-order valence-electron chi connectivity index (χ1n) is 7.99. The molecule has 25 heavy (non-hydrogen) atoms. The normalized spacial score (nSPS) is 14.5. The highest BCUT2D eigenvalue weighted by Crippen LogP contribution is 2.24. The molecule has 7 nitrogen and oxygen atoms in total. The molecule has 1 aromatic carbocycles. The average molecular weight is 363 g/mol. The second-order valence-corrected chi connectivity index (χ2v) is 6.13. The molecule has 0 aliphatic carbocycles. The third-order valence-corrected chi connectivity index (χ3v) is 4.39. The third kappa shape index (κ3) is 4.11. The van der Waals surface area contributed by atoms with Gasteiger partial charge < -0.3 is 19.9 Å². The van der Waals surface area contributed by atoms with Crippen molar-refractivity contribution in [2.24, 2.45) is 0 Å². The number of fused-ring (bicyclic) bond motifs is 1. The quantitative estimate of drug-likeness (QED) is 0.844. The van der Waals surface area contributed by atoms with Gasteiger partial charge in [0.05, 0.1) is 0 Å². The van der Waals surface area contributed by atoms with Crippen LogP contribution in [0, 0.1) is 0 Å². The number of pyridine rings is 1. The summed E-state index contributed by atoms with van der Waals surface area (Å²) in [6, 6.07) is 7.96. The van der Waals surface area contributed by atoms with E-state index in [1.807, 2.05) is 18.2 Å². The van der Waals surface area contributed by atoms with Crippen LogP contribution in [0.25, 0.3) is 10.8 Å². The number of carbonyl (C=O) groups is 2. The number of nitrogens with one attached hydrogen (secondary N) is 1. The average Bonchev–Trinajstić information content (AvgIpc) is 2.65. The molecule has 3 rings (SSSR count). The van der Waals surface area contributed by atoms with E-state index in [1.165, 1.54) is 7.05 Å². The first-order chi connectivity index (χ1) is 12.1. The molecule has 8 heteroatoms. The molecular formula is C17H19ClN4O3. The van der Waals surface area contributed by atoms with Gasteiger partial charge in [-0.3, -0.25) is 4.79 Å². The highest BCUT2D eigenvalue weighted by Gasteiger charge is 2.23. The van der Waals surface area contributed by atoms with Crippen LogP contribution in [0.4, 0.5) is 10.5 Å². The topological polar surface area (TPSA) is 74.8 Å². The number of nitrogens with zero attached hydrogens (tertiary/aromatic N) is 3. The second-order valence-electron chi connectivity index (χ2n) is 5.74. The maximum atomic E-state index is 12.0. The predicted octanol–water partition coefficient (Wildman–Crippen LogP) is 1.89. The van der Waals surface area contributed by atoms with Crippen molar-refractivity contribution >= 4 is 40.1 Å². The van der Waals surface area contributed by atoms with E-state index in [2.05, 4.69) is 21.3 Å². The van der Waals surface area contributed by atoms with Crippen LogP contribution in [0.15, 0.2) is 30.5 Å². The lowest BCUT2D eigenvalue weighted by atomic mass is 10.1. The number of aromatic nitrogens is 1. The van der Waals surface area contributed by atoms with Gasteiger partial charge in [0.15, 0.2) is 6.61 Å². The summed E-state index contributed by atoms with van der Waals surface area (Å²) in [5.74, 6) is -0.323. The Hall–Kier alpha value is -2.54. The van der Waals surface area contributed by atoms with Gasteiger partial charge >= 0.3 is 6.09 Å². The number of likely N-dealkylation sites (N-methyl/N-ethyl adjacent to an activating group) is 1. The fourth-order valence-electron chi connectivity index (χ4n) is 2.74. The summed E-state index contributed by atoms with van der Waals surface area (Å²) in [5.41, 5.74) is 1.08. The summed E-state index contributed by atoms with van der Waals surface area (Å²) >= 11 is 5.96. The van der Waals surface area contributed by atoms with Crippen molar-refractivity contribution in [2.45, 2.75) is 0 Å². The molecule has 132 valence electrons. The fourth-order valence-corrected chi connectivity index (χ4v) is 2.90. The van der Waals surface area contributed by atoms with Crippen molar-refractivity contribution < 1.29 is 14.3 Å². The molecule has 0 saturated carbocycles. The number of benzene rings is 1. The summed E-state index contributed by atoms with van der Waals surface area (Å²) < 4.78 is 4.98. The number of hydrogen-bond donors (Lipinski definition) is 1. The molecule has 0 radical (unpaired) electrons. The lowest BCUT2D eigenvalue weighted by molar-refractivity contribution is -0.123. The summed E-state index contributed by atoms with van der Waals surface area (Å²) in [6.07, 6.45) is 1.29. The third-order valence-electron chi connectivity index (χ3n) is 4.18. The second kappa shape index (κ2) is 7.57. The van der Waals surface area contributed by atoms with E-state index in [-0.39, 0.29) is 12.5 Å². The van der Waals surface area contributed by atoms with Gasteiger partial charge in [-0.1, -0.05) is 17.7 Å². The van der Waals surface area contributed by atoms with Crippen molar-refractivity contribution in [3.8, 4) is 0 Å². The van der Waals surface area contributed by atoms with Crippen LogP contribution >= 0.6 is 11.6 Å². The first kappa shape index (κ1) is 17.3. The number of anilines is 1. The number of halogens is 1. The largest absolute Gasteiger partial charge is 0.439 e. The summed E-state index contributed by atoms with van der Waals surface area (Å²) in [6.45, 7) is 2.22. The molecular weight excluding hydrogens is 344 g/mol. The van der Waals surface area contributed by atoms with Crippen LogP contribution < -0.4 is 10.2 Å². The van der Waals surface area contributed by atoms with E-state index in [9.17, 15) is 9.59 Å². The van der Waals surface area contributed by atoms with E-state index in [0.717, 1.165) is 16.5 Å². The Kier molecular flexibility index (Phi) is 5.23. The maximum Gasteiger partial charge on any atom is 0.410 e. The van der Waals surface area contributed by atoms with Crippen LogP contribution in [0.3, 0.4) is 0 Å². The summed E-state index contributed by atoms with van der Waals surface area (Å²) in [4.78, 5) is 31.0. The van der Waals surface area contributed by atoms with Crippen molar-refractivity contribution in [3.05, 3.63) is 35.6 Å². The number of rotatable bonds is 3. The van der Waals surface area contributed by atoms with Crippen molar-refractivity contribution in [1.82, 2.24) is 15.2 Å². The number of ether oxygens (including phenoxy) is 1. The van der Waals surface area contributed by atoms with E-state index in [1.54, 1.807) is 11.1 Å². The van der Waals surface area contributed by atoms with Gasteiger partial charge in [0, 0.05) is 50.5 Å². The Morgan fingerprint density at radius 1 is 1.20 bits per heavy atom. The van der Waals surface area contributed by atoms with Crippen LogP contribution in [-0.2, 0) is 9.53 Å². The monoisotopic (exact) mass is 362 g/mol. The lowest BCUT2D eigenvalue weighted by Gasteiger charge is -2.35. The minimum atomic E-state index is -0.459. The van der Waals surface area contributed by atoms with Gasteiger partial charge in [0.25, 0.3) is 5.91 Å². The molecule has 1 saturated heterocycles. The zero-order valence-corrected chi connectivity index (χ0v) is 14.6. The molecule has 0 bridgehead atoms. The minimum absolute atomic E-state index is 0.255. The van der Waals surface area contributed by atoms with Crippen LogP contribution in [0.2, 0.25) is 5.15 Å². The Morgan fingerprint density at radius 2 is 1.96 bits per heavy atom. The fraction of sp³-hybridized carbons (Fsp3) is 0.353. The zero-order chi connectivity index (χ0) is 17.8. The van der Waals surface area contributed by atoms with Gasteiger partial charge in [-0.15, -0.1) is 0 Å². The predicted molar refractivity (Wildman–Crippen MR) is 96.0 cm³/mol. The molecule has 1 aliphatic rings. The zero-order valence-electron chi connectivity index (χ0n) is 13.9. The van der Waals surface area contributed by atoms with Crippen LogP contribution in [-0.4, -0.2) is 61.7 Å². The van der Waals surface area contributed by atoms with Crippen LogP contribution in [0.5, 0.6) is 0 Å². The minimum Gasteiger partial charge on any atom is -0.439 e. The molecule has 2 aromatic rings. The maximum absolute atomic E-state index is 12.0. The molecule has 1 N–H and O–H groups in total. The van der Waals surface area contributed by atoms with E-state index >= 15 is 0 Å². The molecule has 0 spiro atoms. The van der Waals surface area contributed by atoms with Crippen molar-refractivity contribution in [1.29, 1.82) is 0 Å². The Balaban J connectivity index is 1.60. The van der Waals surface area contributed by atoms with Gasteiger partial charge in [0.1, 0.15) is 5.15 Å². The van der Waals surface area contributed by atoms with Gasteiger partial charge in [-0.2, -0.15) is 0 Å². The van der Waals surface area contributed by atoms with Gasteiger partial charge in [-0.25, -0.2) is 9.78 Å². The number of carbonyl (C=O) groups excluding carboxylic acids is 2. The molecule has 1 fully saturated rings. The summed E-state index contributed by atoms with van der Waals surface area (Å²) in [7, 11) is 1.50. The SMILES string of the molecule is CNC(=O)COC(=O)N1CCN(c2ccc3cnc(Cl)cc3c2)CC1. The Morgan fingerprint density at radius 3 is 2.68 bits per heavy atom. The van der Waals surface area contributed by atoms with Gasteiger partial charge in [-0.05, 0) is 23.6 Å². The van der Waals surface area contributed by atoms with E-state index in [4.69, 9.17) is 16.3 Å². The Labute approximate surface area is 150 Å². The number of hydrogen-bond acceptors (Lipinski definition) is 5. The van der Waals surface area contributed by atoms with E-state index in [0.29, 0.717) is 31.3 Å². The van der Waals surface area contributed by atoms with Gasteiger partial charge in [0.2, 0.25) is 0 Å².